The minimum Gasteiger partial charge on any atom is -0.458 e. The fourth-order valence-corrected chi connectivity index (χ4v) is 12.5. The highest BCUT2D eigenvalue weighted by molar-refractivity contribution is 6.03. The van der Waals surface area contributed by atoms with Gasteiger partial charge in [-0.2, -0.15) is 0 Å². The summed E-state index contributed by atoms with van der Waals surface area (Å²) in [4.78, 5) is 217. The van der Waals surface area contributed by atoms with E-state index in [4.69, 9.17) is 10.5 Å². The Morgan fingerprint density at radius 3 is 1.54 bits per heavy atom. The molecule has 3 rings (SSSR count). The SMILES string of the molecule is C/C=C1\NC(=O)[C@H](Cc2ccccc2)NC(=O)[C@@H](C(C)C)NC(=O)[C@@H]([C@@H](C)CC)NC(=O)[C@H](NC(=O)[C@H](NC(=O)[C@H](CCCN)NC(=O)[C@H]2CCCN2C(=O)[C@H](NC(=O)[C@@H](NC(=O)[C@@H](NC(=O)[C@H](NC(=O)[C@H](NC(=O)C(C)C)[C@@H](C)CC)C(C)C)[C@@H](C)O)C(C)C)C(C)C)[C@@H](C)CC)[C@@H](C)OC(=O)[C@H](C(C)C)NC1=O. The Hall–Kier alpha value is -9.07. The molecule has 0 radical (unpaired) electrons. The molecule has 0 spiro atoms. The predicted octanol–water partition coefficient (Wildman–Crippen LogP) is 1.20. The van der Waals surface area contributed by atoms with Crippen molar-refractivity contribution in [1.82, 2.24) is 74.0 Å². The number of nitrogens with one attached hydrogen (secondary N) is 13. The van der Waals surface area contributed by atoms with E-state index in [0.29, 0.717) is 24.8 Å². The van der Waals surface area contributed by atoms with Crippen molar-refractivity contribution in [3.63, 3.8) is 0 Å². The lowest BCUT2D eigenvalue weighted by Gasteiger charge is -2.34. The number of nitrogens with zero attached hydrogens (tertiary/aromatic N) is 1. The van der Waals surface area contributed by atoms with Gasteiger partial charge in [-0.15, -0.1) is 0 Å². The van der Waals surface area contributed by atoms with Crippen molar-refractivity contribution in [1.29, 1.82) is 0 Å². The summed E-state index contributed by atoms with van der Waals surface area (Å²) in [7, 11) is 0. The number of esters is 1. The topological polar surface area (TPSA) is 471 Å². The molecular formula is C78H129N15O17. The van der Waals surface area contributed by atoms with Crippen LogP contribution in [0.5, 0.6) is 0 Å². The zero-order chi connectivity index (χ0) is 83.5. The summed E-state index contributed by atoms with van der Waals surface area (Å²) in [5.41, 5.74) is 6.34. The fraction of sp³-hybridized carbons (Fsp3) is 0.705. The molecule has 1 aromatic carbocycles. The highest BCUT2D eigenvalue weighted by atomic mass is 16.5. The molecule has 32 heteroatoms. The molecule has 2 fully saturated rings. The molecule has 2 aliphatic rings. The van der Waals surface area contributed by atoms with E-state index in [9.17, 15) is 67.4 Å². The van der Waals surface area contributed by atoms with Gasteiger partial charge in [0.1, 0.15) is 90.3 Å². The van der Waals surface area contributed by atoms with E-state index in [1.807, 2.05) is 6.92 Å². The van der Waals surface area contributed by atoms with Gasteiger partial charge < -0.3 is 89.6 Å². The van der Waals surface area contributed by atoms with Crippen LogP contribution in [0.25, 0.3) is 0 Å². The third-order valence-electron chi connectivity index (χ3n) is 20.4. The van der Waals surface area contributed by atoms with E-state index in [-0.39, 0.29) is 62.7 Å². The summed E-state index contributed by atoms with van der Waals surface area (Å²) >= 11 is 0. The molecule has 32 nitrogen and oxygen atoms in total. The highest BCUT2D eigenvalue weighted by Crippen LogP contribution is 2.24. The molecule has 14 amide bonds. The van der Waals surface area contributed by atoms with Crippen molar-refractivity contribution in [3.8, 4) is 0 Å². The number of nitrogens with two attached hydrogens (primary N) is 1. The van der Waals surface area contributed by atoms with Crippen molar-refractivity contribution in [3.05, 3.63) is 47.7 Å². The maximum atomic E-state index is 15.1. The van der Waals surface area contributed by atoms with Crippen molar-refractivity contribution in [2.45, 2.75) is 288 Å². The number of amides is 14. The molecule has 0 bridgehead atoms. The van der Waals surface area contributed by atoms with E-state index >= 15 is 9.59 Å². The normalized spacial score (nSPS) is 22.6. The molecule has 0 unspecified atom stereocenters. The summed E-state index contributed by atoms with van der Waals surface area (Å²) in [6.45, 7) is 34.4. The van der Waals surface area contributed by atoms with Gasteiger partial charge in [0.05, 0.1) is 6.10 Å². The largest absolute Gasteiger partial charge is 0.458 e. The van der Waals surface area contributed by atoms with Gasteiger partial charge in [-0.05, 0) is 106 Å². The molecule has 16 N–H and O–H groups in total. The lowest BCUT2D eigenvalue weighted by Crippen LogP contribution is -2.64. The molecule has 0 aromatic heterocycles. The van der Waals surface area contributed by atoms with Crippen molar-refractivity contribution in [2.24, 2.45) is 59.0 Å². The number of carbonyl (C=O) groups is 15. The fourth-order valence-electron chi connectivity index (χ4n) is 12.5. The Balaban J connectivity index is 2.00. The molecule has 110 heavy (non-hydrogen) atoms. The van der Waals surface area contributed by atoms with Crippen molar-refractivity contribution < 1.29 is 81.8 Å². The van der Waals surface area contributed by atoms with Crippen LogP contribution in [0.3, 0.4) is 0 Å². The van der Waals surface area contributed by atoms with E-state index in [1.54, 1.807) is 148 Å². The van der Waals surface area contributed by atoms with Gasteiger partial charge in [0.25, 0.3) is 5.91 Å². The second kappa shape index (κ2) is 45.3. The van der Waals surface area contributed by atoms with Crippen LogP contribution in [-0.4, -0.2) is 203 Å². The molecule has 0 aliphatic carbocycles. The van der Waals surface area contributed by atoms with E-state index in [0.717, 1.165) is 0 Å². The Labute approximate surface area is 649 Å². The molecule has 0 saturated carbocycles. The third kappa shape index (κ3) is 27.7. The Kier molecular flexibility index (Phi) is 39.2. The number of likely N-dealkylation sites (tertiary alicyclic amines) is 1. The molecular weight excluding hydrogens is 1420 g/mol. The van der Waals surface area contributed by atoms with Crippen molar-refractivity contribution >= 4 is 88.7 Å². The second-order valence-electron chi connectivity index (χ2n) is 31.4. The van der Waals surface area contributed by atoms with Crippen LogP contribution in [0.15, 0.2) is 42.1 Å². The first kappa shape index (κ1) is 95.1. The highest BCUT2D eigenvalue weighted by Gasteiger charge is 2.45. The summed E-state index contributed by atoms with van der Waals surface area (Å²) in [5.74, 6) is -17.4. The number of carbonyl (C=O) groups excluding carboxylic acids is 15. The predicted molar refractivity (Wildman–Crippen MR) is 413 cm³/mol. The molecule has 618 valence electrons. The Morgan fingerprint density at radius 1 is 0.564 bits per heavy atom. The Morgan fingerprint density at radius 2 is 1.05 bits per heavy atom. The number of rotatable bonds is 34. The first-order valence-electron chi connectivity index (χ1n) is 39.1. The quantitative estimate of drug-likeness (QED) is 0.0340. The first-order valence-corrected chi connectivity index (χ1v) is 39.1. The second-order valence-corrected chi connectivity index (χ2v) is 31.4. The average molecular weight is 1550 g/mol. The van der Waals surface area contributed by atoms with Gasteiger partial charge in [0, 0.05) is 18.9 Å². The summed E-state index contributed by atoms with van der Waals surface area (Å²) in [6.07, 6.45) is -0.238. The van der Waals surface area contributed by atoms with Crippen LogP contribution in [0.1, 0.15) is 196 Å². The zero-order valence-corrected chi connectivity index (χ0v) is 68.4. The minimum absolute atomic E-state index is 0.0406. The summed E-state index contributed by atoms with van der Waals surface area (Å²) in [5, 5.41) is 46.0. The Bertz CT molecular complexity index is 3360. The molecule has 1 aromatic rings. The monoisotopic (exact) mass is 1550 g/mol. The number of hydrogen-bond donors (Lipinski definition) is 15. The van der Waals surface area contributed by atoms with Gasteiger partial charge in [0.2, 0.25) is 76.8 Å². The average Bonchev–Trinajstić information content (AvgIpc) is 1.56. The van der Waals surface area contributed by atoms with Gasteiger partial charge in [-0.3, -0.25) is 67.1 Å². The molecule has 2 heterocycles. The minimum atomic E-state index is -1.84. The van der Waals surface area contributed by atoms with Crippen LogP contribution in [-0.2, 0) is 83.1 Å². The van der Waals surface area contributed by atoms with Gasteiger partial charge in [-0.1, -0.05) is 180 Å². The number of aliphatic hydroxyl groups is 1. The lowest BCUT2D eigenvalue weighted by atomic mass is 9.95. The summed E-state index contributed by atoms with van der Waals surface area (Å²) < 4.78 is 5.96. The lowest BCUT2D eigenvalue weighted by molar-refractivity contribution is -0.157. The van der Waals surface area contributed by atoms with Gasteiger partial charge in [0.15, 0.2) is 0 Å². The third-order valence-corrected chi connectivity index (χ3v) is 20.4. The van der Waals surface area contributed by atoms with Crippen LogP contribution in [0, 0.1) is 53.3 Å². The number of aliphatic hydroxyl groups excluding tert-OH is 1. The van der Waals surface area contributed by atoms with Gasteiger partial charge in [-0.25, -0.2) is 4.79 Å². The first-order chi connectivity index (χ1) is 51.5. The van der Waals surface area contributed by atoms with Crippen LogP contribution < -0.4 is 74.9 Å². The van der Waals surface area contributed by atoms with Gasteiger partial charge >= 0.3 is 5.97 Å². The van der Waals surface area contributed by atoms with E-state index in [1.165, 1.54) is 31.7 Å². The van der Waals surface area contributed by atoms with Crippen LogP contribution in [0.2, 0.25) is 0 Å². The number of benzene rings is 1. The number of allylic oxidation sites excluding steroid dienone is 1. The maximum absolute atomic E-state index is 15.1. The van der Waals surface area contributed by atoms with Crippen LogP contribution >= 0.6 is 0 Å². The standard InChI is InChI=1S/C78H129N15O17/c1-22-44(17)59(88-64(95)43(15)16)72(103)84-56(40(9)10)71(102)91-62(47(20)94)75(106)85-55(39(7)8)70(101)86-57(41(11)12)77(108)93-36-30-34-53(93)68(99)81-51(33-29-35-79)66(97)89-60(45(18)23-2)74(105)92-63-48(21)110-78(109)58(42(13)14)87-65(96)50(25-4)80-67(98)52(37-49-31-27-26-28-32-49)82-69(100)54(38(5)6)83-73(104)61(46(19)24-3)90-76(63)107/h25-28,31-32,38-48,51-63,94H,22-24,29-30,33-37,79H2,1-21H3,(H,80,98)(H,81,99)(H,82,100)(H,83,104)(H,84,103)(H,85,106)(H,86,101)(H,87,96)(H,88,95)(H,89,97)(H,90,107)(H,91,102)(H,92,105)/b50-25-/t44-,45-,46-,47+,48+,51-,52-,53+,54+,55-,56+,57+,58-,59+,60+,61+,62-,63+/m0/s1. The van der Waals surface area contributed by atoms with E-state index < -0.39 is 221 Å². The van der Waals surface area contributed by atoms with Crippen molar-refractivity contribution in [2.75, 3.05) is 13.1 Å². The molecule has 2 saturated heterocycles. The van der Waals surface area contributed by atoms with E-state index in [2.05, 4.69) is 69.1 Å². The zero-order valence-electron chi connectivity index (χ0n) is 68.4. The maximum Gasteiger partial charge on any atom is 0.329 e. The molecule has 18 atom stereocenters. The number of cyclic esters (lactones) is 1. The smallest absolute Gasteiger partial charge is 0.329 e. The van der Waals surface area contributed by atoms with Crippen LogP contribution in [0.4, 0.5) is 0 Å². The molecule has 2 aliphatic heterocycles. The number of ether oxygens (including phenoxy) is 1. The number of hydrogen-bond acceptors (Lipinski definition) is 18. The summed E-state index contributed by atoms with van der Waals surface area (Å²) in [6, 6.07) is -9.13.